The summed E-state index contributed by atoms with van der Waals surface area (Å²) in [5, 5.41) is 13.8. The molecule has 4 heterocycles. The van der Waals surface area contributed by atoms with Crippen molar-refractivity contribution in [2.24, 2.45) is 0 Å². The maximum absolute atomic E-state index is 13.7. The van der Waals surface area contributed by atoms with Crippen molar-refractivity contribution in [3.05, 3.63) is 88.2 Å². The van der Waals surface area contributed by atoms with Gasteiger partial charge in [0.25, 0.3) is 5.56 Å². The lowest BCUT2D eigenvalue weighted by atomic mass is 10.1. The summed E-state index contributed by atoms with van der Waals surface area (Å²) in [5.74, 6) is -0.681. The Morgan fingerprint density at radius 3 is 2.64 bits per heavy atom. The van der Waals surface area contributed by atoms with Crippen molar-refractivity contribution in [3.63, 3.8) is 0 Å². The lowest BCUT2D eigenvalue weighted by Gasteiger charge is -2.06. The predicted molar refractivity (Wildman–Crippen MR) is 128 cm³/mol. The molecule has 9 nitrogen and oxygen atoms in total. The lowest BCUT2D eigenvalue weighted by molar-refractivity contribution is 0.181. The van der Waals surface area contributed by atoms with Crippen LogP contribution in [0.25, 0.3) is 38.8 Å². The Morgan fingerprint density at radius 2 is 1.83 bits per heavy atom. The van der Waals surface area contributed by atoms with Crippen LogP contribution in [0.15, 0.2) is 59.8 Å². The molecular weight excluding hydrogens is 468 g/mol. The van der Waals surface area contributed by atoms with Gasteiger partial charge in [0.2, 0.25) is 0 Å². The topological polar surface area (TPSA) is 103 Å². The van der Waals surface area contributed by atoms with Crippen LogP contribution in [0.1, 0.15) is 11.3 Å². The van der Waals surface area contributed by atoms with Crippen molar-refractivity contribution >= 4 is 27.7 Å². The molecule has 1 N–H and O–H groups in total. The van der Waals surface area contributed by atoms with Crippen molar-refractivity contribution in [1.82, 2.24) is 34.3 Å². The van der Waals surface area contributed by atoms with Crippen molar-refractivity contribution in [2.45, 2.75) is 19.6 Å². The van der Waals surface area contributed by atoms with Crippen LogP contribution in [0, 0.1) is 11.6 Å². The van der Waals surface area contributed by atoms with Crippen LogP contribution in [-0.2, 0) is 24.3 Å². The SMILES string of the molecule is COCc1nn2c(nnc3c(=O)n(CCc4c[nH]c5ccc(F)cc45)cnc32)c1-c1ccc(F)cc1. The number of hydrogen-bond donors (Lipinski definition) is 1. The Hall–Kier alpha value is -4.51. The number of aromatic nitrogens is 7. The molecule has 0 bridgehead atoms. The molecule has 11 heteroatoms. The molecule has 2 aromatic carbocycles. The van der Waals surface area contributed by atoms with E-state index in [1.165, 1.54) is 39.7 Å². The Bertz CT molecular complexity index is 1810. The molecular formula is C25H19F2N7O2. The molecule has 180 valence electrons. The molecule has 0 aliphatic rings. The number of nitrogens with zero attached hydrogens (tertiary/aromatic N) is 6. The van der Waals surface area contributed by atoms with Crippen molar-refractivity contribution < 1.29 is 13.5 Å². The van der Waals surface area contributed by atoms with Gasteiger partial charge in [-0.25, -0.2) is 13.8 Å². The summed E-state index contributed by atoms with van der Waals surface area (Å²) in [6.45, 7) is 0.500. The van der Waals surface area contributed by atoms with E-state index in [1.807, 2.05) is 6.20 Å². The molecule has 6 aromatic rings. The smallest absolute Gasteiger partial charge is 0.283 e. The van der Waals surface area contributed by atoms with E-state index < -0.39 is 0 Å². The maximum atomic E-state index is 13.7. The van der Waals surface area contributed by atoms with Gasteiger partial charge < -0.3 is 9.72 Å². The van der Waals surface area contributed by atoms with Gasteiger partial charge >= 0.3 is 0 Å². The van der Waals surface area contributed by atoms with Crippen LogP contribution in [0.5, 0.6) is 0 Å². The summed E-state index contributed by atoms with van der Waals surface area (Å²) in [5.41, 5.74) is 3.92. The molecule has 0 unspecified atom stereocenters. The van der Waals surface area contributed by atoms with Gasteiger partial charge in [-0.3, -0.25) is 9.36 Å². The van der Waals surface area contributed by atoms with Crippen LogP contribution < -0.4 is 5.56 Å². The predicted octanol–water partition coefficient (Wildman–Crippen LogP) is 3.65. The highest BCUT2D eigenvalue weighted by Crippen LogP contribution is 2.29. The molecule has 0 radical (unpaired) electrons. The highest BCUT2D eigenvalue weighted by molar-refractivity contribution is 5.84. The molecule has 0 saturated carbocycles. The van der Waals surface area contributed by atoms with Gasteiger partial charge in [0, 0.05) is 30.8 Å². The highest BCUT2D eigenvalue weighted by Gasteiger charge is 2.20. The first-order valence-electron chi connectivity index (χ1n) is 11.2. The molecule has 4 aromatic heterocycles. The molecule has 0 spiro atoms. The number of aromatic amines is 1. The van der Waals surface area contributed by atoms with E-state index in [2.05, 4.69) is 25.3 Å². The van der Waals surface area contributed by atoms with Gasteiger partial charge in [-0.15, -0.1) is 10.2 Å². The minimum atomic E-state index is -0.368. The van der Waals surface area contributed by atoms with Gasteiger partial charge in [-0.05, 0) is 47.9 Å². The first kappa shape index (κ1) is 22.0. The van der Waals surface area contributed by atoms with Crippen molar-refractivity contribution in [3.8, 4) is 11.1 Å². The molecule has 36 heavy (non-hydrogen) atoms. The number of H-pyrrole nitrogens is 1. The largest absolute Gasteiger partial charge is 0.378 e. The summed E-state index contributed by atoms with van der Waals surface area (Å²) in [7, 11) is 1.54. The first-order chi connectivity index (χ1) is 17.5. The fourth-order valence-electron chi connectivity index (χ4n) is 4.41. The number of fused-ring (bicyclic) bond motifs is 4. The zero-order chi connectivity index (χ0) is 24.8. The number of nitrogens with one attached hydrogen (secondary N) is 1. The summed E-state index contributed by atoms with van der Waals surface area (Å²) in [6.07, 6.45) is 3.74. The van der Waals surface area contributed by atoms with Crippen LogP contribution in [0.3, 0.4) is 0 Å². The molecule has 0 saturated heterocycles. The van der Waals surface area contributed by atoms with Crippen LogP contribution in [0.2, 0.25) is 0 Å². The number of ether oxygens (including phenoxy) is 1. The summed E-state index contributed by atoms with van der Waals surface area (Å²) in [4.78, 5) is 20.8. The van der Waals surface area contributed by atoms with E-state index in [1.54, 1.807) is 25.3 Å². The Kier molecular flexibility index (Phi) is 5.26. The standard InChI is InChI=1S/C25H19F2N7O2/c1-36-12-20-21(14-2-4-16(26)5-3-14)23-31-30-22-24(34(23)32-20)29-13-33(25(22)35)9-8-15-11-28-19-7-6-17(27)10-18(15)19/h2-7,10-11,13,28H,8-9,12H2,1H3. The number of aryl methyl sites for hydroxylation is 2. The molecule has 6 rings (SSSR count). The third kappa shape index (κ3) is 3.60. The Morgan fingerprint density at radius 1 is 1.03 bits per heavy atom. The number of rotatable bonds is 6. The van der Waals surface area contributed by atoms with Gasteiger partial charge in [0.1, 0.15) is 18.0 Å². The number of methoxy groups -OCH3 is 1. The van der Waals surface area contributed by atoms with Gasteiger partial charge in [0.15, 0.2) is 16.8 Å². The average molecular weight is 487 g/mol. The highest BCUT2D eigenvalue weighted by atomic mass is 19.1. The van der Waals surface area contributed by atoms with Gasteiger partial charge in [0.05, 0.1) is 17.9 Å². The van der Waals surface area contributed by atoms with E-state index >= 15 is 0 Å². The van der Waals surface area contributed by atoms with Gasteiger partial charge in [-0.2, -0.15) is 9.61 Å². The summed E-state index contributed by atoms with van der Waals surface area (Å²) >= 11 is 0. The zero-order valence-electron chi connectivity index (χ0n) is 19.1. The van der Waals surface area contributed by atoms with Crippen LogP contribution in [-0.4, -0.2) is 41.5 Å². The number of halogens is 2. The lowest BCUT2D eigenvalue weighted by Crippen LogP contribution is -2.23. The fraction of sp³-hybridized carbons (Fsp3) is 0.160. The maximum Gasteiger partial charge on any atom is 0.283 e. The minimum absolute atomic E-state index is 0.0621. The quantitative estimate of drug-likeness (QED) is 0.385. The summed E-state index contributed by atoms with van der Waals surface area (Å²) in [6, 6.07) is 10.5. The van der Waals surface area contributed by atoms with E-state index in [4.69, 9.17) is 4.74 Å². The fourth-order valence-corrected chi connectivity index (χ4v) is 4.41. The average Bonchev–Trinajstić information content (AvgIpc) is 3.45. The molecule has 0 atom stereocenters. The summed E-state index contributed by atoms with van der Waals surface area (Å²) < 4.78 is 35.4. The second-order valence-electron chi connectivity index (χ2n) is 8.37. The second-order valence-corrected chi connectivity index (χ2v) is 8.37. The van der Waals surface area contributed by atoms with E-state index in [0.717, 1.165) is 16.5 Å². The van der Waals surface area contributed by atoms with Crippen LogP contribution in [0.4, 0.5) is 8.78 Å². The third-order valence-electron chi connectivity index (χ3n) is 6.14. The van der Waals surface area contributed by atoms with Crippen molar-refractivity contribution in [2.75, 3.05) is 7.11 Å². The minimum Gasteiger partial charge on any atom is -0.378 e. The number of hydrogen-bond acceptors (Lipinski definition) is 6. The van der Waals surface area contributed by atoms with Crippen LogP contribution >= 0.6 is 0 Å². The monoisotopic (exact) mass is 487 g/mol. The van der Waals surface area contributed by atoms with Gasteiger partial charge in [-0.1, -0.05) is 12.1 Å². The second kappa shape index (κ2) is 8.61. The Balaban J connectivity index is 1.41. The Labute approximate surface area is 202 Å². The van der Waals surface area contributed by atoms with Crippen molar-refractivity contribution in [1.29, 1.82) is 0 Å². The zero-order valence-corrected chi connectivity index (χ0v) is 19.1. The number of benzene rings is 2. The molecule has 0 fully saturated rings. The van der Waals surface area contributed by atoms with E-state index in [9.17, 15) is 13.6 Å². The van der Waals surface area contributed by atoms with E-state index in [0.29, 0.717) is 35.4 Å². The first-order valence-corrected chi connectivity index (χ1v) is 11.2. The molecule has 0 aliphatic carbocycles. The normalized spacial score (nSPS) is 11.8. The molecule has 0 amide bonds. The molecule has 0 aliphatic heterocycles. The van der Waals surface area contributed by atoms with E-state index in [-0.39, 0.29) is 35.0 Å². The third-order valence-corrected chi connectivity index (χ3v) is 6.14.